The van der Waals surface area contributed by atoms with E-state index < -0.39 is 5.91 Å². The fraction of sp³-hybridized carbons (Fsp3) is 0.467. The Morgan fingerprint density at radius 3 is 2.26 bits per heavy atom. The van der Waals surface area contributed by atoms with Crippen LogP contribution in [0.4, 0.5) is 0 Å². The molecule has 0 aliphatic carbocycles. The number of likely N-dealkylation sites (N-methyl/N-ethyl adjacent to an activating group) is 1. The fourth-order valence-electron chi connectivity index (χ4n) is 1.84. The molecule has 0 atom stereocenters. The van der Waals surface area contributed by atoms with Crippen molar-refractivity contribution < 1.29 is 9.59 Å². The zero-order chi connectivity index (χ0) is 14.3. The molecule has 1 aromatic rings. The molecule has 104 valence electrons. The molecule has 4 heteroatoms. The Kier molecular flexibility index (Phi) is 6.06. The summed E-state index contributed by atoms with van der Waals surface area (Å²) in [6.07, 6.45) is 3.74. The van der Waals surface area contributed by atoms with Crippen LogP contribution in [0.2, 0.25) is 0 Å². The summed E-state index contributed by atoms with van der Waals surface area (Å²) in [5.41, 5.74) is 7.31. The lowest BCUT2D eigenvalue weighted by atomic mass is 10.0. The topological polar surface area (TPSA) is 63.4 Å². The Labute approximate surface area is 114 Å². The summed E-state index contributed by atoms with van der Waals surface area (Å²) in [5, 5.41) is 0. The number of carbonyl (C=O) groups excluding carboxylic acids is 2. The van der Waals surface area contributed by atoms with Gasteiger partial charge in [0, 0.05) is 7.05 Å². The normalized spacial score (nSPS) is 10.2. The molecule has 0 heterocycles. The second-order valence-corrected chi connectivity index (χ2v) is 4.81. The van der Waals surface area contributed by atoms with Crippen LogP contribution >= 0.6 is 0 Å². The Morgan fingerprint density at radius 2 is 1.74 bits per heavy atom. The van der Waals surface area contributed by atoms with Crippen LogP contribution in [0.15, 0.2) is 24.3 Å². The molecule has 1 rings (SSSR count). The van der Waals surface area contributed by atoms with Crippen LogP contribution < -0.4 is 5.73 Å². The van der Waals surface area contributed by atoms with Crippen LogP contribution in [0, 0.1) is 0 Å². The highest BCUT2D eigenvalue weighted by atomic mass is 16.2. The first-order valence-electron chi connectivity index (χ1n) is 6.63. The average molecular weight is 262 g/mol. The molecule has 2 amide bonds. The number of rotatable bonds is 7. The maximum absolute atomic E-state index is 11.8. The van der Waals surface area contributed by atoms with Gasteiger partial charge in [-0.25, -0.2) is 0 Å². The molecular weight excluding hydrogens is 240 g/mol. The molecule has 2 N–H and O–H groups in total. The molecule has 0 aliphatic rings. The molecule has 19 heavy (non-hydrogen) atoms. The van der Waals surface area contributed by atoms with Crippen molar-refractivity contribution in [2.75, 3.05) is 13.6 Å². The number of amides is 2. The second kappa shape index (κ2) is 7.56. The predicted molar refractivity (Wildman–Crippen MR) is 75.6 cm³/mol. The lowest BCUT2D eigenvalue weighted by molar-refractivity contribution is -0.133. The van der Waals surface area contributed by atoms with Crippen LogP contribution in [0.25, 0.3) is 0 Å². The Morgan fingerprint density at radius 1 is 1.16 bits per heavy atom. The molecule has 0 fully saturated rings. The van der Waals surface area contributed by atoms with Crippen LogP contribution in [-0.2, 0) is 22.4 Å². The number of hydrogen-bond donors (Lipinski definition) is 1. The van der Waals surface area contributed by atoms with Gasteiger partial charge in [-0.2, -0.15) is 0 Å². The van der Waals surface area contributed by atoms with Crippen molar-refractivity contribution in [1.29, 1.82) is 0 Å². The Hall–Kier alpha value is -1.84. The van der Waals surface area contributed by atoms with E-state index in [0.717, 1.165) is 12.0 Å². The van der Waals surface area contributed by atoms with E-state index in [9.17, 15) is 9.59 Å². The molecule has 0 spiro atoms. The van der Waals surface area contributed by atoms with E-state index in [1.807, 2.05) is 12.1 Å². The lowest BCUT2D eigenvalue weighted by Crippen LogP contribution is -2.36. The van der Waals surface area contributed by atoms with Crippen molar-refractivity contribution in [3.63, 3.8) is 0 Å². The third-order valence-corrected chi connectivity index (χ3v) is 3.02. The largest absolute Gasteiger partial charge is 0.368 e. The van der Waals surface area contributed by atoms with Crippen molar-refractivity contribution in [3.8, 4) is 0 Å². The fourth-order valence-corrected chi connectivity index (χ4v) is 1.84. The summed E-state index contributed by atoms with van der Waals surface area (Å²) < 4.78 is 0. The zero-order valence-electron chi connectivity index (χ0n) is 11.7. The van der Waals surface area contributed by atoms with Gasteiger partial charge in [0.25, 0.3) is 0 Å². The number of hydrogen-bond acceptors (Lipinski definition) is 2. The molecule has 0 aliphatic heterocycles. The zero-order valence-corrected chi connectivity index (χ0v) is 11.7. The minimum atomic E-state index is -0.495. The number of benzene rings is 1. The van der Waals surface area contributed by atoms with Crippen LogP contribution in [0.3, 0.4) is 0 Å². The van der Waals surface area contributed by atoms with Crippen molar-refractivity contribution in [3.05, 3.63) is 35.4 Å². The first-order chi connectivity index (χ1) is 9.02. The summed E-state index contributed by atoms with van der Waals surface area (Å²) in [6, 6.07) is 8.07. The van der Waals surface area contributed by atoms with Gasteiger partial charge < -0.3 is 10.6 Å². The van der Waals surface area contributed by atoms with Gasteiger partial charge in [-0.15, -0.1) is 0 Å². The number of unbranched alkanes of at least 4 members (excludes halogenated alkanes) is 1. The van der Waals surface area contributed by atoms with Gasteiger partial charge in [0.2, 0.25) is 11.8 Å². The van der Waals surface area contributed by atoms with Crippen molar-refractivity contribution in [2.45, 2.75) is 32.6 Å². The van der Waals surface area contributed by atoms with Gasteiger partial charge in [-0.05, 0) is 24.0 Å². The SMILES string of the molecule is CCCCc1ccc(CC(=O)N(C)CC(N)=O)cc1. The molecule has 1 aromatic carbocycles. The predicted octanol–water partition coefficient (Wildman–Crippen LogP) is 1.52. The molecule has 0 radical (unpaired) electrons. The highest BCUT2D eigenvalue weighted by molar-refractivity contribution is 5.84. The summed E-state index contributed by atoms with van der Waals surface area (Å²) in [7, 11) is 1.59. The third-order valence-electron chi connectivity index (χ3n) is 3.02. The number of nitrogens with zero attached hydrogens (tertiary/aromatic N) is 1. The highest BCUT2D eigenvalue weighted by Gasteiger charge is 2.11. The molecule has 0 aromatic heterocycles. The summed E-state index contributed by atoms with van der Waals surface area (Å²) in [6.45, 7) is 2.13. The summed E-state index contributed by atoms with van der Waals surface area (Å²) in [5.74, 6) is -0.592. The molecule has 0 bridgehead atoms. The third kappa shape index (κ3) is 5.55. The molecule has 0 unspecified atom stereocenters. The second-order valence-electron chi connectivity index (χ2n) is 4.81. The average Bonchev–Trinajstić information content (AvgIpc) is 2.37. The summed E-state index contributed by atoms with van der Waals surface area (Å²) in [4.78, 5) is 23.9. The lowest BCUT2D eigenvalue weighted by Gasteiger charge is -2.15. The van der Waals surface area contributed by atoms with Gasteiger partial charge in [0.15, 0.2) is 0 Å². The van der Waals surface area contributed by atoms with Crippen LogP contribution in [0.1, 0.15) is 30.9 Å². The van der Waals surface area contributed by atoms with Crippen LogP contribution in [-0.4, -0.2) is 30.3 Å². The minimum absolute atomic E-state index is 0.0343. The number of aryl methyl sites for hydroxylation is 1. The van der Waals surface area contributed by atoms with Crippen molar-refractivity contribution >= 4 is 11.8 Å². The molecule has 0 saturated heterocycles. The summed E-state index contributed by atoms with van der Waals surface area (Å²) >= 11 is 0. The first-order valence-corrected chi connectivity index (χ1v) is 6.63. The maximum atomic E-state index is 11.8. The van der Waals surface area contributed by atoms with Crippen molar-refractivity contribution in [2.24, 2.45) is 5.73 Å². The van der Waals surface area contributed by atoms with E-state index in [4.69, 9.17) is 5.73 Å². The standard InChI is InChI=1S/C15H22N2O2/c1-3-4-5-12-6-8-13(9-7-12)10-15(19)17(2)11-14(16)18/h6-9H,3-5,10-11H2,1-2H3,(H2,16,18). The van der Waals surface area contributed by atoms with Crippen LogP contribution in [0.5, 0.6) is 0 Å². The number of nitrogens with two attached hydrogens (primary N) is 1. The van der Waals surface area contributed by atoms with Gasteiger partial charge in [-0.3, -0.25) is 9.59 Å². The van der Waals surface area contributed by atoms with Gasteiger partial charge in [0.05, 0.1) is 13.0 Å². The van der Waals surface area contributed by atoms with E-state index in [0.29, 0.717) is 6.42 Å². The Bertz CT molecular complexity index is 426. The highest BCUT2D eigenvalue weighted by Crippen LogP contribution is 2.09. The van der Waals surface area contributed by atoms with E-state index in [2.05, 4.69) is 19.1 Å². The van der Waals surface area contributed by atoms with Crippen molar-refractivity contribution in [1.82, 2.24) is 4.90 Å². The molecule has 0 saturated carbocycles. The van der Waals surface area contributed by atoms with E-state index in [1.165, 1.54) is 23.3 Å². The smallest absolute Gasteiger partial charge is 0.237 e. The van der Waals surface area contributed by atoms with Gasteiger partial charge in [0.1, 0.15) is 0 Å². The Balaban J connectivity index is 2.52. The maximum Gasteiger partial charge on any atom is 0.237 e. The van der Waals surface area contributed by atoms with Gasteiger partial charge >= 0.3 is 0 Å². The molecule has 4 nitrogen and oxygen atoms in total. The van der Waals surface area contributed by atoms with E-state index in [1.54, 1.807) is 7.05 Å². The van der Waals surface area contributed by atoms with E-state index >= 15 is 0 Å². The monoisotopic (exact) mass is 262 g/mol. The number of primary amides is 1. The first kappa shape index (κ1) is 15.2. The number of carbonyl (C=O) groups is 2. The molecular formula is C15H22N2O2. The van der Waals surface area contributed by atoms with Gasteiger partial charge in [-0.1, -0.05) is 37.6 Å². The quantitative estimate of drug-likeness (QED) is 0.809. The minimum Gasteiger partial charge on any atom is -0.368 e. The van der Waals surface area contributed by atoms with E-state index in [-0.39, 0.29) is 12.5 Å².